The third-order valence-electron chi connectivity index (χ3n) is 4.76. The summed E-state index contributed by atoms with van der Waals surface area (Å²) in [4.78, 5) is 2.38. The third-order valence-corrected chi connectivity index (χ3v) is 5.07. The minimum Gasteiger partial charge on any atom is -0.492 e. The SMILES string of the molecule is Cn1cc(CN2CCO[C@@H](c3cc(CCOc4ccccc4Cl)[nH]n3)C2)cn1. The lowest BCUT2D eigenvalue weighted by Crippen LogP contribution is -2.37. The van der Waals surface area contributed by atoms with Crippen LogP contribution in [0.5, 0.6) is 5.75 Å². The van der Waals surface area contributed by atoms with Crippen LogP contribution in [0.4, 0.5) is 0 Å². The molecule has 8 heteroatoms. The molecule has 1 N–H and O–H groups in total. The maximum Gasteiger partial charge on any atom is 0.137 e. The van der Waals surface area contributed by atoms with Gasteiger partial charge in [-0.1, -0.05) is 23.7 Å². The quantitative estimate of drug-likeness (QED) is 0.659. The summed E-state index contributed by atoms with van der Waals surface area (Å²) in [5.74, 6) is 0.700. The van der Waals surface area contributed by atoms with E-state index in [1.54, 1.807) is 0 Å². The number of rotatable bonds is 7. The molecule has 1 saturated heterocycles. The fourth-order valence-corrected chi connectivity index (χ4v) is 3.53. The minimum absolute atomic E-state index is 0.0279. The van der Waals surface area contributed by atoms with E-state index in [1.807, 2.05) is 42.2 Å². The first-order chi connectivity index (χ1) is 13.7. The van der Waals surface area contributed by atoms with Crippen molar-refractivity contribution in [1.29, 1.82) is 0 Å². The Morgan fingerprint density at radius 3 is 3.07 bits per heavy atom. The fourth-order valence-electron chi connectivity index (χ4n) is 3.34. The Morgan fingerprint density at radius 2 is 2.25 bits per heavy atom. The van der Waals surface area contributed by atoms with Gasteiger partial charge in [0.05, 0.1) is 30.1 Å². The van der Waals surface area contributed by atoms with Gasteiger partial charge in [-0.25, -0.2) is 0 Å². The molecule has 3 heterocycles. The third kappa shape index (κ3) is 4.73. The largest absolute Gasteiger partial charge is 0.492 e. The van der Waals surface area contributed by atoms with Gasteiger partial charge in [0.15, 0.2) is 0 Å². The van der Waals surface area contributed by atoms with E-state index in [1.165, 1.54) is 5.56 Å². The maximum atomic E-state index is 6.11. The molecular formula is C20H24ClN5O2. The predicted molar refractivity (Wildman–Crippen MR) is 106 cm³/mol. The van der Waals surface area contributed by atoms with Crippen molar-refractivity contribution in [1.82, 2.24) is 24.9 Å². The van der Waals surface area contributed by atoms with Crippen LogP contribution in [0.3, 0.4) is 0 Å². The molecule has 0 saturated carbocycles. The van der Waals surface area contributed by atoms with Gasteiger partial charge in [0.1, 0.15) is 11.9 Å². The second-order valence-electron chi connectivity index (χ2n) is 6.96. The number of H-pyrrole nitrogens is 1. The number of morpholine rings is 1. The predicted octanol–water partition coefficient (Wildman–Crippen LogP) is 2.99. The number of ether oxygens (including phenoxy) is 2. The van der Waals surface area contributed by atoms with Crippen LogP contribution in [0.25, 0.3) is 0 Å². The van der Waals surface area contributed by atoms with Crippen molar-refractivity contribution in [2.75, 3.05) is 26.3 Å². The Balaban J connectivity index is 1.30. The topological polar surface area (TPSA) is 68.2 Å². The zero-order valence-electron chi connectivity index (χ0n) is 15.8. The van der Waals surface area contributed by atoms with E-state index in [0.717, 1.165) is 37.4 Å². The molecule has 0 unspecified atom stereocenters. The number of hydrogen-bond acceptors (Lipinski definition) is 5. The summed E-state index contributed by atoms with van der Waals surface area (Å²) < 4.78 is 13.5. The molecule has 148 valence electrons. The van der Waals surface area contributed by atoms with Crippen LogP contribution in [0.1, 0.15) is 23.1 Å². The van der Waals surface area contributed by atoms with Gasteiger partial charge in [0, 0.05) is 50.6 Å². The van der Waals surface area contributed by atoms with Crippen molar-refractivity contribution < 1.29 is 9.47 Å². The van der Waals surface area contributed by atoms with Crippen molar-refractivity contribution in [3.05, 3.63) is 64.7 Å². The highest BCUT2D eigenvalue weighted by Crippen LogP contribution is 2.24. The number of halogens is 1. The highest BCUT2D eigenvalue weighted by molar-refractivity contribution is 6.32. The zero-order chi connectivity index (χ0) is 19.3. The van der Waals surface area contributed by atoms with Crippen LogP contribution < -0.4 is 4.74 Å². The van der Waals surface area contributed by atoms with Crippen LogP contribution in [0.15, 0.2) is 42.7 Å². The van der Waals surface area contributed by atoms with Crippen molar-refractivity contribution in [2.24, 2.45) is 7.05 Å². The minimum atomic E-state index is -0.0279. The van der Waals surface area contributed by atoms with E-state index in [4.69, 9.17) is 21.1 Å². The molecular weight excluding hydrogens is 378 g/mol. The fraction of sp³-hybridized carbons (Fsp3) is 0.400. The molecule has 3 aromatic rings. The van der Waals surface area contributed by atoms with E-state index >= 15 is 0 Å². The van der Waals surface area contributed by atoms with Crippen LogP contribution in [0.2, 0.25) is 5.02 Å². The number of hydrogen-bond donors (Lipinski definition) is 1. The van der Waals surface area contributed by atoms with Gasteiger partial charge in [-0.05, 0) is 18.2 Å². The van der Waals surface area contributed by atoms with Crippen molar-refractivity contribution >= 4 is 11.6 Å². The number of aromatic nitrogens is 4. The summed E-state index contributed by atoms with van der Waals surface area (Å²) in [5, 5.41) is 12.4. The van der Waals surface area contributed by atoms with Gasteiger partial charge in [-0.3, -0.25) is 14.7 Å². The van der Waals surface area contributed by atoms with E-state index in [2.05, 4.69) is 32.5 Å². The Labute approximate surface area is 169 Å². The van der Waals surface area contributed by atoms with Crippen LogP contribution in [-0.4, -0.2) is 51.2 Å². The Hall–Kier alpha value is -2.35. The van der Waals surface area contributed by atoms with Crippen LogP contribution in [-0.2, 0) is 24.8 Å². The van der Waals surface area contributed by atoms with Crippen LogP contribution in [0, 0.1) is 0 Å². The first-order valence-electron chi connectivity index (χ1n) is 9.40. The number of aryl methyl sites for hydroxylation is 1. The molecule has 1 aliphatic heterocycles. The molecule has 1 fully saturated rings. The average molecular weight is 402 g/mol. The van der Waals surface area contributed by atoms with Gasteiger partial charge < -0.3 is 9.47 Å². The number of benzene rings is 1. The Bertz CT molecular complexity index is 909. The summed E-state index contributed by atoms with van der Waals surface area (Å²) in [6, 6.07) is 9.55. The van der Waals surface area contributed by atoms with Crippen LogP contribution >= 0.6 is 11.6 Å². The molecule has 0 aliphatic carbocycles. The molecule has 4 rings (SSSR count). The Kier molecular flexibility index (Phi) is 5.95. The Morgan fingerprint density at radius 1 is 1.36 bits per heavy atom. The van der Waals surface area contributed by atoms with Gasteiger partial charge >= 0.3 is 0 Å². The zero-order valence-corrected chi connectivity index (χ0v) is 16.6. The molecule has 0 spiro atoms. The van der Waals surface area contributed by atoms with E-state index in [0.29, 0.717) is 24.0 Å². The first kappa shape index (κ1) is 19.0. The molecule has 0 radical (unpaired) electrons. The lowest BCUT2D eigenvalue weighted by atomic mass is 10.1. The van der Waals surface area contributed by atoms with Crippen molar-refractivity contribution in [3.63, 3.8) is 0 Å². The molecule has 1 aliphatic rings. The molecule has 2 aromatic heterocycles. The molecule has 7 nitrogen and oxygen atoms in total. The summed E-state index contributed by atoms with van der Waals surface area (Å²) in [5.41, 5.74) is 3.17. The molecule has 1 atom stereocenters. The van der Waals surface area contributed by atoms with Gasteiger partial charge in [0.2, 0.25) is 0 Å². The number of nitrogens with zero attached hydrogens (tertiary/aromatic N) is 4. The normalized spacial score (nSPS) is 17.7. The summed E-state index contributed by atoms with van der Waals surface area (Å²) in [6.07, 6.45) is 4.66. The monoisotopic (exact) mass is 401 g/mol. The number of para-hydroxylation sites is 1. The molecule has 1 aromatic carbocycles. The second kappa shape index (κ2) is 8.77. The molecule has 0 bridgehead atoms. The lowest BCUT2D eigenvalue weighted by molar-refractivity contribution is -0.0350. The molecule has 0 amide bonds. The average Bonchev–Trinajstić information content (AvgIpc) is 3.33. The highest BCUT2D eigenvalue weighted by Gasteiger charge is 2.24. The van der Waals surface area contributed by atoms with E-state index < -0.39 is 0 Å². The number of aromatic amines is 1. The number of nitrogens with one attached hydrogen (secondary N) is 1. The van der Waals surface area contributed by atoms with Gasteiger partial charge in [-0.2, -0.15) is 10.2 Å². The van der Waals surface area contributed by atoms with E-state index in [-0.39, 0.29) is 6.10 Å². The summed E-state index contributed by atoms with van der Waals surface area (Å²) >= 11 is 6.11. The van der Waals surface area contributed by atoms with E-state index in [9.17, 15) is 0 Å². The smallest absolute Gasteiger partial charge is 0.137 e. The molecule has 28 heavy (non-hydrogen) atoms. The second-order valence-corrected chi connectivity index (χ2v) is 7.37. The standard InChI is InChI=1S/C20H24ClN5O2/c1-25-12-15(11-22-25)13-26-7-9-28-20(14-26)18-10-16(23-24-18)6-8-27-19-5-3-2-4-17(19)21/h2-5,10-12,20H,6-9,13-14H2,1H3,(H,23,24)/t20-/m1/s1. The van der Waals surface area contributed by atoms with Gasteiger partial charge in [0.25, 0.3) is 0 Å². The summed E-state index contributed by atoms with van der Waals surface area (Å²) in [6.45, 7) is 3.83. The van der Waals surface area contributed by atoms with Gasteiger partial charge in [-0.15, -0.1) is 0 Å². The lowest BCUT2D eigenvalue weighted by Gasteiger charge is -2.31. The maximum absolute atomic E-state index is 6.11. The highest BCUT2D eigenvalue weighted by atomic mass is 35.5. The summed E-state index contributed by atoms with van der Waals surface area (Å²) in [7, 11) is 1.94. The first-order valence-corrected chi connectivity index (χ1v) is 9.78. The van der Waals surface area contributed by atoms with Crippen molar-refractivity contribution in [3.8, 4) is 5.75 Å². The van der Waals surface area contributed by atoms with Crippen molar-refractivity contribution in [2.45, 2.75) is 19.1 Å².